The zero-order valence-corrected chi connectivity index (χ0v) is 14.9. The highest BCUT2D eigenvalue weighted by Gasteiger charge is 2.15. The summed E-state index contributed by atoms with van der Waals surface area (Å²) in [5.74, 6) is -0.407. The van der Waals surface area contributed by atoms with Gasteiger partial charge in [0.2, 0.25) is 0 Å². The molecule has 1 N–H and O–H groups in total. The summed E-state index contributed by atoms with van der Waals surface area (Å²) in [5, 5.41) is 2.61. The van der Waals surface area contributed by atoms with Crippen LogP contribution in [0.5, 0.6) is 0 Å². The second kappa shape index (κ2) is 6.43. The average Bonchev–Trinajstić information content (AvgIpc) is 2.37. The Balaban J connectivity index is 2.22. The maximum atomic E-state index is 12.0. The number of aromatic nitrogens is 1. The zero-order chi connectivity index (χ0) is 15.6. The number of benzene rings is 1. The summed E-state index contributed by atoms with van der Waals surface area (Å²) in [6.45, 7) is 0. The van der Waals surface area contributed by atoms with Crippen molar-refractivity contribution in [2.45, 2.75) is 4.90 Å². The Labute approximate surface area is 142 Å². The lowest BCUT2D eigenvalue weighted by Gasteiger charge is -2.07. The molecule has 0 aliphatic rings. The molecule has 9 heteroatoms. The maximum Gasteiger partial charge on any atom is 0.274 e. The van der Waals surface area contributed by atoms with E-state index in [0.29, 0.717) is 5.69 Å². The molecule has 0 spiro atoms. The van der Waals surface area contributed by atoms with Crippen molar-refractivity contribution in [2.75, 3.05) is 5.32 Å². The smallest absolute Gasteiger partial charge is 0.274 e. The van der Waals surface area contributed by atoms with Crippen molar-refractivity contribution in [2.24, 2.45) is 0 Å². The number of carbonyl (C=O) groups is 1. The lowest BCUT2D eigenvalue weighted by molar-refractivity contribution is 0.102. The fourth-order valence-corrected chi connectivity index (χ4v) is 3.94. The van der Waals surface area contributed by atoms with Crippen LogP contribution < -0.4 is 5.32 Å². The fraction of sp³-hybridized carbons (Fsp3) is 0. The highest BCUT2D eigenvalue weighted by Crippen LogP contribution is 2.28. The van der Waals surface area contributed by atoms with E-state index < -0.39 is 15.0 Å². The van der Waals surface area contributed by atoms with Crippen molar-refractivity contribution in [3.05, 3.63) is 51.2 Å². The highest BCUT2D eigenvalue weighted by atomic mass is 79.9. The Morgan fingerprint density at radius 1 is 1.19 bits per heavy atom. The van der Waals surface area contributed by atoms with Crippen molar-refractivity contribution in [1.82, 2.24) is 4.98 Å². The van der Waals surface area contributed by atoms with Gasteiger partial charge in [-0.05, 0) is 62.2 Å². The van der Waals surface area contributed by atoms with Gasteiger partial charge in [0.1, 0.15) is 5.69 Å². The summed E-state index contributed by atoms with van der Waals surface area (Å²) in [6, 6.07) is 7.45. The Hall–Kier alpha value is -0.960. The van der Waals surface area contributed by atoms with Gasteiger partial charge in [0.25, 0.3) is 15.0 Å². The van der Waals surface area contributed by atoms with Crippen LogP contribution in [0.25, 0.3) is 0 Å². The third-order valence-electron chi connectivity index (χ3n) is 2.41. The number of carbonyl (C=O) groups excluding carboxylic acids is 1. The number of amides is 1. The van der Waals surface area contributed by atoms with E-state index >= 15 is 0 Å². The molecule has 0 bridgehead atoms. The van der Waals surface area contributed by atoms with Gasteiger partial charge in [-0.3, -0.25) is 4.79 Å². The first-order valence-corrected chi connectivity index (χ1v) is 9.34. The Bertz CT molecular complexity index is 795. The summed E-state index contributed by atoms with van der Waals surface area (Å²) >= 11 is 6.33. The van der Waals surface area contributed by atoms with Gasteiger partial charge in [0.05, 0.1) is 4.90 Å². The summed E-state index contributed by atoms with van der Waals surface area (Å²) in [4.78, 5) is 15.9. The number of halogens is 3. The van der Waals surface area contributed by atoms with Gasteiger partial charge in [-0.1, -0.05) is 0 Å². The summed E-state index contributed by atoms with van der Waals surface area (Å²) in [6.07, 6.45) is 1.51. The van der Waals surface area contributed by atoms with Crippen LogP contribution in [-0.2, 0) is 9.05 Å². The summed E-state index contributed by atoms with van der Waals surface area (Å²) in [5.41, 5.74) is 0.657. The van der Waals surface area contributed by atoms with Crippen LogP contribution >= 0.6 is 42.5 Å². The Morgan fingerprint density at radius 2 is 1.90 bits per heavy atom. The number of hydrogen-bond acceptors (Lipinski definition) is 4. The number of pyridine rings is 1. The van der Waals surface area contributed by atoms with Crippen LogP contribution in [0.2, 0.25) is 0 Å². The quantitative estimate of drug-likeness (QED) is 0.716. The second-order valence-electron chi connectivity index (χ2n) is 3.90. The molecule has 1 aromatic carbocycles. The van der Waals surface area contributed by atoms with Gasteiger partial charge in [-0.2, -0.15) is 0 Å². The maximum absolute atomic E-state index is 12.0. The van der Waals surface area contributed by atoms with Crippen molar-refractivity contribution in [3.63, 3.8) is 0 Å². The first-order chi connectivity index (χ1) is 9.77. The van der Waals surface area contributed by atoms with Crippen molar-refractivity contribution >= 4 is 63.2 Å². The van der Waals surface area contributed by atoms with E-state index in [1.54, 1.807) is 12.1 Å². The molecule has 2 rings (SSSR count). The number of nitrogens with one attached hydrogen (secondary N) is 1. The third-order valence-corrected chi connectivity index (χ3v) is 5.18. The molecule has 1 aromatic heterocycles. The van der Waals surface area contributed by atoms with Crippen LogP contribution in [0.15, 0.2) is 50.4 Å². The van der Waals surface area contributed by atoms with Crippen LogP contribution in [0.3, 0.4) is 0 Å². The second-order valence-corrected chi connectivity index (χ2v) is 8.20. The monoisotopic (exact) mass is 452 g/mol. The highest BCUT2D eigenvalue weighted by molar-refractivity contribution is 9.10. The molecule has 0 fully saturated rings. The zero-order valence-electron chi connectivity index (χ0n) is 10.2. The molecule has 0 saturated heterocycles. The van der Waals surface area contributed by atoms with Gasteiger partial charge in [-0.25, -0.2) is 13.4 Å². The van der Waals surface area contributed by atoms with Crippen LogP contribution in [-0.4, -0.2) is 19.3 Å². The van der Waals surface area contributed by atoms with Crippen molar-refractivity contribution in [1.29, 1.82) is 0 Å². The summed E-state index contributed by atoms with van der Waals surface area (Å²) in [7, 11) is 1.43. The molecular weight excluding hydrogens is 447 g/mol. The van der Waals surface area contributed by atoms with Crippen molar-refractivity contribution < 1.29 is 13.2 Å². The van der Waals surface area contributed by atoms with E-state index in [4.69, 9.17) is 10.7 Å². The molecule has 110 valence electrons. The van der Waals surface area contributed by atoms with E-state index in [1.807, 2.05) is 0 Å². The number of anilines is 1. The Morgan fingerprint density at radius 3 is 2.43 bits per heavy atom. The molecule has 0 saturated carbocycles. The van der Waals surface area contributed by atoms with E-state index in [1.165, 1.54) is 24.4 Å². The first-order valence-electron chi connectivity index (χ1n) is 5.44. The molecule has 0 aliphatic heterocycles. The largest absolute Gasteiger partial charge is 0.321 e. The minimum Gasteiger partial charge on any atom is -0.321 e. The minimum absolute atomic E-state index is 0.0658. The molecule has 0 radical (unpaired) electrons. The lowest BCUT2D eigenvalue weighted by Crippen LogP contribution is -2.13. The van der Waals surface area contributed by atoms with E-state index in [2.05, 4.69) is 42.2 Å². The molecule has 2 aromatic rings. The first kappa shape index (κ1) is 16.4. The van der Waals surface area contributed by atoms with Gasteiger partial charge >= 0.3 is 0 Å². The molecular formula is C12H7Br2ClN2O3S. The average molecular weight is 455 g/mol. The molecule has 0 aliphatic carbocycles. The molecule has 1 amide bonds. The molecule has 0 unspecified atom stereocenters. The standard InChI is InChI=1S/C12H7Br2ClN2O3S/c13-7-1-3-10(16-6-7)12(18)17-8-2-4-11(9(14)5-8)21(15,19)20/h1-6H,(H,17,18). The molecule has 21 heavy (non-hydrogen) atoms. The van der Waals surface area contributed by atoms with E-state index in [9.17, 15) is 13.2 Å². The fourth-order valence-electron chi connectivity index (χ4n) is 1.48. The van der Waals surface area contributed by atoms with Gasteiger partial charge < -0.3 is 5.32 Å². The molecule has 5 nitrogen and oxygen atoms in total. The normalized spacial score (nSPS) is 11.2. The lowest BCUT2D eigenvalue weighted by atomic mass is 10.3. The topological polar surface area (TPSA) is 76.1 Å². The van der Waals surface area contributed by atoms with Gasteiger partial charge in [0.15, 0.2) is 0 Å². The van der Waals surface area contributed by atoms with E-state index in [0.717, 1.165) is 4.47 Å². The van der Waals surface area contributed by atoms with E-state index in [-0.39, 0.29) is 15.1 Å². The Kier molecular flexibility index (Phi) is 5.03. The third kappa shape index (κ3) is 4.26. The number of hydrogen-bond donors (Lipinski definition) is 1. The SMILES string of the molecule is O=C(Nc1ccc(S(=O)(=O)Cl)c(Br)c1)c1ccc(Br)cn1. The van der Waals surface area contributed by atoms with Crippen LogP contribution in [0.1, 0.15) is 10.5 Å². The van der Waals surface area contributed by atoms with Crippen LogP contribution in [0.4, 0.5) is 5.69 Å². The summed E-state index contributed by atoms with van der Waals surface area (Å²) < 4.78 is 23.6. The number of rotatable bonds is 3. The predicted octanol–water partition coefficient (Wildman–Crippen LogP) is 3.79. The van der Waals surface area contributed by atoms with Crippen molar-refractivity contribution in [3.8, 4) is 0 Å². The molecule has 1 heterocycles. The van der Waals surface area contributed by atoms with Gasteiger partial charge in [0, 0.05) is 31.5 Å². The minimum atomic E-state index is -3.84. The number of nitrogens with zero attached hydrogens (tertiary/aromatic N) is 1. The predicted molar refractivity (Wildman–Crippen MR) is 87.1 cm³/mol. The van der Waals surface area contributed by atoms with Gasteiger partial charge in [-0.15, -0.1) is 0 Å². The molecule has 0 atom stereocenters. The van der Waals surface area contributed by atoms with Crippen LogP contribution in [0, 0.1) is 0 Å².